The van der Waals surface area contributed by atoms with Crippen molar-refractivity contribution in [3.63, 3.8) is 0 Å². The summed E-state index contributed by atoms with van der Waals surface area (Å²) in [4.78, 5) is 29.9. The van der Waals surface area contributed by atoms with Gasteiger partial charge in [0, 0.05) is 18.5 Å². The van der Waals surface area contributed by atoms with Crippen LogP contribution in [-0.2, 0) is 0 Å². The van der Waals surface area contributed by atoms with Gasteiger partial charge < -0.3 is 10.2 Å². The Morgan fingerprint density at radius 3 is 2.71 bits per heavy atom. The van der Waals surface area contributed by atoms with Gasteiger partial charge in [0.25, 0.3) is 5.91 Å². The highest BCUT2D eigenvalue weighted by Gasteiger charge is 2.21. The highest BCUT2D eigenvalue weighted by atomic mass is 32.1. The van der Waals surface area contributed by atoms with Gasteiger partial charge in [-0.15, -0.1) is 11.3 Å². The number of thiophene rings is 1. The molecule has 1 amide bonds. The average molecular weight is 392 g/mol. The molecule has 0 atom stereocenters. The molecule has 0 bridgehead atoms. The predicted molar refractivity (Wildman–Crippen MR) is 115 cm³/mol. The number of fused-ring (bicyclic) bond motifs is 2. The van der Waals surface area contributed by atoms with Crippen molar-refractivity contribution in [1.29, 1.82) is 0 Å². The zero-order valence-electron chi connectivity index (χ0n) is 16.1. The summed E-state index contributed by atoms with van der Waals surface area (Å²) in [6.07, 6.45) is 3.25. The molecule has 4 aromatic rings. The molecule has 0 spiro atoms. The number of aryl methyl sites for hydroxylation is 1. The molecule has 7 heteroatoms. The van der Waals surface area contributed by atoms with Gasteiger partial charge in [0.15, 0.2) is 0 Å². The number of anilines is 2. The molecule has 1 aromatic carbocycles. The number of carbonyl (C=O) groups is 1. The second kappa shape index (κ2) is 7.52. The second-order valence-electron chi connectivity index (χ2n) is 6.48. The molecule has 3 aromatic heterocycles. The molecule has 0 radical (unpaired) electrons. The lowest BCUT2D eigenvalue weighted by Gasteiger charge is -2.20. The molecule has 28 heavy (non-hydrogen) atoms. The number of hydrogen-bond donors (Lipinski definition) is 1. The summed E-state index contributed by atoms with van der Waals surface area (Å²) < 4.78 is 0. The van der Waals surface area contributed by atoms with E-state index in [0.717, 1.165) is 45.6 Å². The minimum absolute atomic E-state index is 0.150. The molecule has 0 aliphatic rings. The maximum Gasteiger partial charge on any atom is 0.266 e. The monoisotopic (exact) mass is 391 g/mol. The van der Waals surface area contributed by atoms with Crippen LogP contribution in [0.25, 0.3) is 21.1 Å². The van der Waals surface area contributed by atoms with Gasteiger partial charge in [-0.3, -0.25) is 9.78 Å². The van der Waals surface area contributed by atoms with Gasteiger partial charge >= 0.3 is 0 Å². The number of aromatic nitrogens is 3. The summed E-state index contributed by atoms with van der Waals surface area (Å²) in [6.45, 7) is 7.85. The van der Waals surface area contributed by atoms with Crippen LogP contribution in [0.4, 0.5) is 11.5 Å². The molecule has 1 N–H and O–H groups in total. The van der Waals surface area contributed by atoms with Gasteiger partial charge in [-0.1, -0.05) is 18.2 Å². The zero-order valence-corrected chi connectivity index (χ0v) is 16.9. The van der Waals surface area contributed by atoms with Crippen LogP contribution in [0.3, 0.4) is 0 Å². The number of hydrogen-bond acceptors (Lipinski definition) is 6. The van der Waals surface area contributed by atoms with Crippen LogP contribution >= 0.6 is 11.3 Å². The number of para-hydroxylation sites is 1. The first-order valence-electron chi connectivity index (χ1n) is 9.27. The van der Waals surface area contributed by atoms with E-state index in [9.17, 15) is 4.79 Å². The number of pyridine rings is 1. The van der Waals surface area contributed by atoms with Crippen LogP contribution in [-0.4, -0.2) is 33.9 Å². The molecular weight excluding hydrogens is 370 g/mol. The van der Waals surface area contributed by atoms with Gasteiger partial charge in [0.05, 0.1) is 27.7 Å². The molecule has 4 rings (SSSR count). The molecule has 0 aliphatic heterocycles. The van der Waals surface area contributed by atoms with Crippen molar-refractivity contribution < 1.29 is 4.79 Å². The molecule has 142 valence electrons. The van der Waals surface area contributed by atoms with Gasteiger partial charge in [0.1, 0.15) is 17.0 Å². The fourth-order valence-corrected chi connectivity index (χ4v) is 4.40. The Balaban J connectivity index is 1.70. The topological polar surface area (TPSA) is 71.0 Å². The number of benzene rings is 1. The fraction of sp³-hybridized carbons (Fsp3) is 0.238. The van der Waals surface area contributed by atoms with E-state index >= 15 is 0 Å². The first kappa shape index (κ1) is 18.3. The quantitative estimate of drug-likeness (QED) is 0.536. The van der Waals surface area contributed by atoms with Crippen molar-refractivity contribution in [3.8, 4) is 0 Å². The Bertz CT molecular complexity index is 1170. The van der Waals surface area contributed by atoms with Crippen LogP contribution in [0.15, 0.2) is 42.9 Å². The predicted octanol–water partition coefficient (Wildman–Crippen LogP) is 4.65. The van der Waals surface area contributed by atoms with Crippen LogP contribution in [0.1, 0.15) is 29.1 Å². The zero-order chi connectivity index (χ0) is 19.7. The largest absolute Gasteiger partial charge is 0.357 e. The summed E-state index contributed by atoms with van der Waals surface area (Å²) in [6, 6.07) is 9.77. The van der Waals surface area contributed by atoms with E-state index in [1.165, 1.54) is 11.3 Å². The van der Waals surface area contributed by atoms with E-state index in [2.05, 4.69) is 39.0 Å². The SMILES string of the molecule is CCN(CC)c1ncnc2sc(C(=O)Nc3cnc4ccccc4c3)c(C)c12. The van der Waals surface area contributed by atoms with E-state index in [-0.39, 0.29) is 5.91 Å². The Kier molecular flexibility index (Phi) is 4.92. The second-order valence-corrected chi connectivity index (χ2v) is 7.48. The molecule has 0 aliphatic carbocycles. The van der Waals surface area contributed by atoms with Crippen LogP contribution in [0.5, 0.6) is 0 Å². The molecule has 0 saturated carbocycles. The van der Waals surface area contributed by atoms with Gasteiger partial charge in [-0.2, -0.15) is 0 Å². The minimum atomic E-state index is -0.150. The lowest BCUT2D eigenvalue weighted by molar-refractivity contribution is 0.103. The Morgan fingerprint density at radius 1 is 1.14 bits per heavy atom. The molecule has 0 unspecified atom stereocenters. The van der Waals surface area contributed by atoms with Gasteiger partial charge in [0.2, 0.25) is 0 Å². The van der Waals surface area contributed by atoms with E-state index in [1.54, 1.807) is 12.5 Å². The maximum absolute atomic E-state index is 13.0. The lowest BCUT2D eigenvalue weighted by Crippen LogP contribution is -2.23. The summed E-state index contributed by atoms with van der Waals surface area (Å²) in [7, 11) is 0. The maximum atomic E-state index is 13.0. The van der Waals surface area contributed by atoms with Crippen molar-refractivity contribution in [3.05, 3.63) is 53.3 Å². The Labute approximate surface area is 167 Å². The summed E-state index contributed by atoms with van der Waals surface area (Å²) in [5.41, 5.74) is 2.49. The van der Waals surface area contributed by atoms with Gasteiger partial charge in [-0.05, 0) is 38.5 Å². The summed E-state index contributed by atoms with van der Waals surface area (Å²) >= 11 is 1.40. The van der Waals surface area contributed by atoms with Crippen LogP contribution < -0.4 is 10.2 Å². The number of carbonyl (C=O) groups excluding carboxylic acids is 1. The van der Waals surface area contributed by atoms with Crippen LogP contribution in [0, 0.1) is 6.92 Å². The smallest absolute Gasteiger partial charge is 0.266 e. The van der Waals surface area contributed by atoms with Crippen molar-refractivity contribution in [2.45, 2.75) is 20.8 Å². The molecule has 0 fully saturated rings. The third-order valence-electron chi connectivity index (χ3n) is 4.82. The number of nitrogens with one attached hydrogen (secondary N) is 1. The first-order valence-corrected chi connectivity index (χ1v) is 10.1. The van der Waals surface area contributed by atoms with E-state index in [0.29, 0.717) is 10.6 Å². The minimum Gasteiger partial charge on any atom is -0.357 e. The van der Waals surface area contributed by atoms with E-state index < -0.39 is 0 Å². The third-order valence-corrected chi connectivity index (χ3v) is 6.02. The standard InChI is InChI=1S/C21H21N5OS/c1-4-26(5-2)19-17-13(3)18(28-21(17)24-12-23-19)20(27)25-15-10-14-8-6-7-9-16(14)22-11-15/h6-12H,4-5H2,1-3H3,(H,25,27). The fourth-order valence-electron chi connectivity index (χ4n) is 3.36. The molecule has 6 nitrogen and oxygen atoms in total. The first-order chi connectivity index (χ1) is 13.6. The van der Waals surface area contributed by atoms with Crippen molar-refractivity contribution in [1.82, 2.24) is 15.0 Å². The highest BCUT2D eigenvalue weighted by Crippen LogP contribution is 2.35. The third kappa shape index (κ3) is 3.18. The van der Waals surface area contributed by atoms with Crippen LogP contribution in [0.2, 0.25) is 0 Å². The number of amides is 1. The Hall–Kier alpha value is -3.06. The van der Waals surface area contributed by atoms with Crippen molar-refractivity contribution >= 4 is 49.9 Å². The number of rotatable bonds is 5. The highest BCUT2D eigenvalue weighted by molar-refractivity contribution is 7.20. The lowest BCUT2D eigenvalue weighted by atomic mass is 10.1. The van der Waals surface area contributed by atoms with Crippen molar-refractivity contribution in [2.24, 2.45) is 0 Å². The Morgan fingerprint density at radius 2 is 1.93 bits per heavy atom. The molecular formula is C21H21N5OS. The molecule has 3 heterocycles. The van der Waals surface area contributed by atoms with E-state index in [1.807, 2.05) is 37.3 Å². The van der Waals surface area contributed by atoms with E-state index in [4.69, 9.17) is 0 Å². The summed E-state index contributed by atoms with van der Waals surface area (Å²) in [5.74, 6) is 0.734. The molecule has 0 saturated heterocycles. The van der Waals surface area contributed by atoms with Crippen molar-refractivity contribution in [2.75, 3.05) is 23.3 Å². The summed E-state index contributed by atoms with van der Waals surface area (Å²) in [5, 5.41) is 4.92. The average Bonchev–Trinajstić information content (AvgIpc) is 3.06. The normalized spacial score (nSPS) is 11.1. The van der Waals surface area contributed by atoms with Gasteiger partial charge in [-0.25, -0.2) is 9.97 Å². The number of nitrogens with zero attached hydrogens (tertiary/aromatic N) is 4.